The molecule has 0 spiro atoms. The minimum atomic E-state index is -0.515. The third kappa shape index (κ3) is 2.66. The lowest BCUT2D eigenvalue weighted by Gasteiger charge is -2.06. The summed E-state index contributed by atoms with van der Waals surface area (Å²) in [6.07, 6.45) is 4.42. The second-order valence-electron chi connectivity index (χ2n) is 4.91. The van der Waals surface area contributed by atoms with E-state index < -0.39 is 11.2 Å². The second kappa shape index (κ2) is 5.28. The Bertz CT molecular complexity index is 796. The standard InChI is InChI=1S/C13H14N4O3S/c1-16-11(19)5-6-17(13(16)20)7-10(18)15-12-14-8-3-2-4-9(8)21-12/h5-6H,2-4,7H2,1H3,(H,14,15,18). The van der Waals surface area contributed by atoms with Crippen molar-refractivity contribution in [1.82, 2.24) is 14.1 Å². The number of carbonyl (C=O) groups is 1. The highest BCUT2D eigenvalue weighted by atomic mass is 32.1. The average Bonchev–Trinajstić information content (AvgIpc) is 3.00. The highest BCUT2D eigenvalue weighted by molar-refractivity contribution is 7.15. The summed E-state index contributed by atoms with van der Waals surface area (Å²) < 4.78 is 2.16. The molecule has 2 aromatic rings. The number of anilines is 1. The molecule has 1 N–H and O–H groups in total. The Kier molecular flexibility index (Phi) is 3.46. The maximum absolute atomic E-state index is 12.0. The highest BCUT2D eigenvalue weighted by Gasteiger charge is 2.18. The molecule has 1 aliphatic rings. The van der Waals surface area contributed by atoms with Gasteiger partial charge in [0.2, 0.25) is 5.91 Å². The van der Waals surface area contributed by atoms with Gasteiger partial charge >= 0.3 is 5.69 Å². The Labute approximate surface area is 123 Å². The van der Waals surface area contributed by atoms with Gasteiger partial charge in [0.05, 0.1) is 5.69 Å². The minimum absolute atomic E-state index is 0.142. The van der Waals surface area contributed by atoms with Crippen LogP contribution in [-0.4, -0.2) is 20.0 Å². The lowest BCUT2D eigenvalue weighted by Crippen LogP contribution is -2.38. The monoisotopic (exact) mass is 306 g/mol. The number of nitrogens with zero attached hydrogens (tertiary/aromatic N) is 3. The Morgan fingerprint density at radius 2 is 2.24 bits per heavy atom. The van der Waals surface area contributed by atoms with Crippen LogP contribution in [0.5, 0.6) is 0 Å². The molecule has 1 aliphatic carbocycles. The van der Waals surface area contributed by atoms with Crippen molar-refractivity contribution in [2.24, 2.45) is 7.05 Å². The summed E-state index contributed by atoms with van der Waals surface area (Å²) >= 11 is 1.49. The second-order valence-corrected chi connectivity index (χ2v) is 6.00. The normalized spacial score (nSPS) is 13.2. The van der Waals surface area contributed by atoms with Crippen LogP contribution in [0.1, 0.15) is 17.0 Å². The van der Waals surface area contributed by atoms with Crippen LogP contribution in [0.2, 0.25) is 0 Å². The highest BCUT2D eigenvalue weighted by Crippen LogP contribution is 2.30. The van der Waals surface area contributed by atoms with Crippen molar-refractivity contribution < 1.29 is 4.79 Å². The number of hydrogen-bond acceptors (Lipinski definition) is 5. The minimum Gasteiger partial charge on any atom is -0.300 e. The van der Waals surface area contributed by atoms with Gasteiger partial charge in [-0.15, -0.1) is 11.3 Å². The fourth-order valence-electron chi connectivity index (χ4n) is 2.29. The first-order valence-corrected chi connectivity index (χ1v) is 7.41. The largest absolute Gasteiger partial charge is 0.331 e. The molecule has 3 rings (SSSR count). The van der Waals surface area contributed by atoms with Crippen LogP contribution in [0.3, 0.4) is 0 Å². The zero-order valence-electron chi connectivity index (χ0n) is 11.5. The van der Waals surface area contributed by atoms with E-state index in [1.54, 1.807) is 0 Å². The molecule has 0 aromatic carbocycles. The van der Waals surface area contributed by atoms with E-state index >= 15 is 0 Å². The van der Waals surface area contributed by atoms with E-state index in [-0.39, 0.29) is 12.5 Å². The summed E-state index contributed by atoms with van der Waals surface area (Å²) in [6, 6.07) is 1.26. The number of amides is 1. The molecule has 21 heavy (non-hydrogen) atoms. The van der Waals surface area contributed by atoms with Crippen LogP contribution < -0.4 is 16.6 Å². The quantitative estimate of drug-likeness (QED) is 0.873. The lowest BCUT2D eigenvalue weighted by atomic mass is 10.4. The molecule has 0 aliphatic heterocycles. The van der Waals surface area contributed by atoms with Crippen LogP contribution in [0.25, 0.3) is 0 Å². The first-order valence-electron chi connectivity index (χ1n) is 6.59. The Morgan fingerprint density at radius 3 is 3.00 bits per heavy atom. The summed E-state index contributed by atoms with van der Waals surface area (Å²) in [6.45, 7) is -0.142. The summed E-state index contributed by atoms with van der Waals surface area (Å²) in [5.74, 6) is -0.330. The van der Waals surface area contributed by atoms with Gasteiger partial charge < -0.3 is 5.32 Å². The van der Waals surface area contributed by atoms with Crippen LogP contribution in [0.4, 0.5) is 5.13 Å². The molecular formula is C13H14N4O3S. The van der Waals surface area contributed by atoms with Crippen LogP contribution in [0.15, 0.2) is 21.9 Å². The van der Waals surface area contributed by atoms with Crippen molar-refractivity contribution >= 4 is 22.4 Å². The zero-order chi connectivity index (χ0) is 15.0. The zero-order valence-corrected chi connectivity index (χ0v) is 12.3. The number of rotatable bonds is 3. The number of aromatic nitrogens is 3. The maximum atomic E-state index is 12.0. The van der Waals surface area contributed by atoms with Gasteiger partial charge in [0.25, 0.3) is 5.56 Å². The number of fused-ring (bicyclic) bond motifs is 1. The number of thiazole rings is 1. The predicted molar refractivity (Wildman–Crippen MR) is 78.7 cm³/mol. The summed E-state index contributed by atoms with van der Waals surface area (Å²) in [4.78, 5) is 40.7. The van der Waals surface area contributed by atoms with E-state index in [0.29, 0.717) is 5.13 Å². The molecule has 0 unspecified atom stereocenters. The third-order valence-corrected chi connectivity index (χ3v) is 4.49. The van der Waals surface area contributed by atoms with Crippen LogP contribution in [-0.2, 0) is 31.2 Å². The van der Waals surface area contributed by atoms with Crippen molar-refractivity contribution in [2.75, 3.05) is 5.32 Å². The number of hydrogen-bond donors (Lipinski definition) is 1. The Hall–Kier alpha value is -2.22. The summed E-state index contributed by atoms with van der Waals surface area (Å²) in [7, 11) is 1.38. The van der Waals surface area contributed by atoms with Gasteiger partial charge in [0, 0.05) is 24.2 Å². The predicted octanol–water partition coefficient (Wildman–Crippen LogP) is 0.131. The lowest BCUT2D eigenvalue weighted by molar-refractivity contribution is -0.116. The fourth-order valence-corrected chi connectivity index (χ4v) is 3.36. The van der Waals surface area contributed by atoms with Gasteiger partial charge in [0.1, 0.15) is 6.54 Å². The molecule has 0 bridgehead atoms. The van der Waals surface area contributed by atoms with Gasteiger partial charge in [-0.05, 0) is 19.3 Å². The molecule has 7 nitrogen and oxygen atoms in total. The van der Waals surface area contributed by atoms with E-state index in [2.05, 4.69) is 10.3 Å². The molecule has 0 saturated heterocycles. The number of carbonyl (C=O) groups excluding carboxylic acids is 1. The van der Waals surface area contributed by atoms with Crippen molar-refractivity contribution in [2.45, 2.75) is 25.8 Å². The van der Waals surface area contributed by atoms with Crippen molar-refractivity contribution in [1.29, 1.82) is 0 Å². The van der Waals surface area contributed by atoms with Gasteiger partial charge in [-0.3, -0.25) is 18.7 Å². The molecule has 2 aromatic heterocycles. The van der Waals surface area contributed by atoms with E-state index in [1.807, 2.05) is 0 Å². The van der Waals surface area contributed by atoms with Crippen molar-refractivity contribution in [3.05, 3.63) is 43.7 Å². The summed E-state index contributed by atoms with van der Waals surface area (Å²) in [5.41, 5.74) is 0.155. The third-order valence-electron chi connectivity index (χ3n) is 3.42. The fraction of sp³-hybridized carbons (Fsp3) is 0.385. The van der Waals surface area contributed by atoms with E-state index in [4.69, 9.17) is 0 Å². The van der Waals surface area contributed by atoms with Gasteiger partial charge in [-0.2, -0.15) is 0 Å². The first-order chi connectivity index (χ1) is 10.0. The SMILES string of the molecule is Cn1c(=O)ccn(CC(=O)Nc2nc3c(s2)CCC3)c1=O. The molecule has 8 heteroatoms. The molecule has 0 radical (unpaired) electrons. The first kappa shape index (κ1) is 13.7. The Morgan fingerprint density at radius 1 is 1.43 bits per heavy atom. The van der Waals surface area contributed by atoms with Gasteiger partial charge in [-0.1, -0.05) is 0 Å². The van der Waals surface area contributed by atoms with Gasteiger partial charge in [-0.25, -0.2) is 9.78 Å². The average molecular weight is 306 g/mol. The molecule has 0 saturated carbocycles. The van der Waals surface area contributed by atoms with Gasteiger partial charge in [0.15, 0.2) is 5.13 Å². The molecule has 0 fully saturated rings. The Balaban J connectivity index is 1.73. The molecular weight excluding hydrogens is 292 g/mol. The van der Waals surface area contributed by atoms with E-state index in [1.165, 1.54) is 40.1 Å². The topological polar surface area (TPSA) is 86.0 Å². The van der Waals surface area contributed by atoms with E-state index in [0.717, 1.165) is 29.5 Å². The molecule has 2 heterocycles. The number of nitrogens with one attached hydrogen (secondary N) is 1. The van der Waals surface area contributed by atoms with Crippen LogP contribution in [0, 0.1) is 0 Å². The summed E-state index contributed by atoms with van der Waals surface area (Å²) in [5, 5.41) is 3.27. The van der Waals surface area contributed by atoms with E-state index in [9.17, 15) is 14.4 Å². The maximum Gasteiger partial charge on any atom is 0.331 e. The molecule has 0 atom stereocenters. The van der Waals surface area contributed by atoms with Crippen molar-refractivity contribution in [3.8, 4) is 0 Å². The smallest absolute Gasteiger partial charge is 0.300 e. The molecule has 1 amide bonds. The molecule has 110 valence electrons. The number of aryl methyl sites for hydroxylation is 2. The van der Waals surface area contributed by atoms with Crippen molar-refractivity contribution in [3.63, 3.8) is 0 Å². The van der Waals surface area contributed by atoms with Crippen LogP contribution >= 0.6 is 11.3 Å².